The Hall–Kier alpha value is 1.13. The molecule has 2 bridgehead atoms. The fraction of sp³-hybridized carbons (Fsp3) is 0.905. The van der Waals surface area contributed by atoms with E-state index in [2.05, 4.69) is 83.3 Å². The lowest BCUT2D eigenvalue weighted by molar-refractivity contribution is 0.372. The lowest BCUT2D eigenvalue weighted by Gasteiger charge is -2.49. The quantitative estimate of drug-likeness (QED) is 0.200. The second kappa shape index (κ2) is 6.59. The average molecular weight is 507 g/mol. The number of hydrogen-bond donors (Lipinski definition) is 0. The van der Waals surface area contributed by atoms with E-state index in [1.807, 2.05) is 0 Å². The largest absolute Gasteiger partial charge is 0.0888 e. The number of rotatable bonds is 2. The van der Waals surface area contributed by atoms with Crippen molar-refractivity contribution >= 4 is 48.0 Å². The Labute approximate surface area is 175 Å². The van der Waals surface area contributed by atoms with Crippen molar-refractivity contribution in [3.63, 3.8) is 0 Å². The Morgan fingerprint density at radius 1 is 0.640 bits per heavy atom. The molecule has 1 fully saturated rings. The van der Waals surface area contributed by atoms with Crippen molar-refractivity contribution < 1.29 is 0 Å². The molecule has 0 saturated heterocycles. The maximum Gasteiger partial charge on any atom is 0.0888 e. The highest BCUT2D eigenvalue weighted by Gasteiger charge is 2.94. The van der Waals surface area contributed by atoms with Crippen LogP contribution in [0.15, 0.2) is 12.2 Å². The molecule has 0 aliphatic heterocycles. The molecule has 25 heavy (non-hydrogen) atoms. The number of allylic oxidation sites excluding steroid dienone is 2. The van der Waals surface area contributed by atoms with Gasteiger partial charge >= 0.3 is 0 Å². The van der Waals surface area contributed by atoms with E-state index in [-0.39, 0.29) is 3.23 Å². The second-order valence-corrected chi connectivity index (χ2v) is 25.0. The predicted molar refractivity (Wildman–Crippen MR) is 126 cm³/mol. The molecule has 0 spiro atoms. The Kier molecular flexibility index (Phi) is 5.50. The molecule has 4 heteroatoms. The summed E-state index contributed by atoms with van der Waals surface area (Å²) in [5, 5.41) is 0.937. The van der Waals surface area contributed by atoms with Crippen LogP contribution in [0, 0.1) is 11.8 Å². The maximum atomic E-state index is 4.39. The summed E-state index contributed by atoms with van der Waals surface area (Å²) in [6.07, 6.45) is 16.8. The van der Waals surface area contributed by atoms with Crippen LogP contribution >= 0.6 is 31.9 Å². The first-order valence-corrected chi connectivity index (χ1v) is 19.1. The first-order valence-electron chi connectivity index (χ1n) is 10.5. The minimum atomic E-state index is -1.41. The lowest BCUT2D eigenvalue weighted by Crippen LogP contribution is -2.47. The molecule has 3 aliphatic carbocycles. The maximum absolute atomic E-state index is 4.39. The summed E-state index contributed by atoms with van der Waals surface area (Å²) >= 11 is 8.78. The minimum Gasteiger partial charge on any atom is -0.0848 e. The summed E-state index contributed by atoms with van der Waals surface area (Å²) in [5.41, 5.74) is 0. The predicted octanol–water partition coefficient (Wildman–Crippen LogP) is 8.58. The van der Waals surface area contributed by atoms with E-state index in [1.165, 1.54) is 51.4 Å². The van der Waals surface area contributed by atoms with Crippen molar-refractivity contribution in [3.8, 4) is 0 Å². The molecule has 0 aromatic heterocycles. The monoisotopic (exact) mass is 504 g/mol. The molecule has 3 rings (SSSR count). The van der Waals surface area contributed by atoms with Crippen LogP contribution in [0.4, 0.5) is 0 Å². The highest BCUT2D eigenvalue weighted by Crippen LogP contribution is 3.01. The van der Waals surface area contributed by atoms with Gasteiger partial charge < -0.3 is 0 Å². The molecule has 144 valence electrons. The number of hydrogen-bond acceptors (Lipinski definition) is 0. The highest BCUT2D eigenvalue weighted by molar-refractivity contribution is 9.25. The van der Waals surface area contributed by atoms with Gasteiger partial charge in [-0.3, -0.25) is 0 Å². The van der Waals surface area contributed by atoms with Crippen LogP contribution < -0.4 is 0 Å². The zero-order valence-corrected chi connectivity index (χ0v) is 22.4. The van der Waals surface area contributed by atoms with Crippen LogP contribution in [0.5, 0.6) is 0 Å². The van der Waals surface area contributed by atoms with Crippen molar-refractivity contribution in [1.82, 2.24) is 0 Å². The fourth-order valence-electron chi connectivity index (χ4n) is 7.44. The highest BCUT2D eigenvalue weighted by atomic mass is 79.9. The molecular formula is C21H38Br2Si2. The first-order chi connectivity index (χ1) is 11.5. The van der Waals surface area contributed by atoms with Crippen molar-refractivity contribution in [2.75, 3.05) is 0 Å². The van der Waals surface area contributed by atoms with E-state index in [1.54, 1.807) is 0 Å². The van der Waals surface area contributed by atoms with Gasteiger partial charge in [0, 0.05) is 10.1 Å². The second-order valence-electron chi connectivity index (χ2n) is 11.0. The van der Waals surface area contributed by atoms with Crippen molar-refractivity contribution in [2.24, 2.45) is 11.8 Å². The molecule has 3 aliphatic rings. The van der Waals surface area contributed by atoms with Crippen molar-refractivity contribution in [3.05, 3.63) is 12.2 Å². The number of fused-ring (bicyclic) bond motifs is 5. The lowest BCUT2D eigenvalue weighted by atomic mass is 9.81. The van der Waals surface area contributed by atoms with Gasteiger partial charge in [-0.05, 0) is 24.7 Å². The number of alkyl halides is 2. The minimum absolute atomic E-state index is 0.155. The van der Waals surface area contributed by atoms with E-state index >= 15 is 0 Å². The molecule has 0 amide bonds. The Bertz CT molecular complexity index is 497. The standard InChI is InChI=1S/C21H38Br2Si2/c1-24(2,3)19-17-13-11-9-7-8-10-12-14-18(16-15-17)20(19,21(19,22)23)25(4,5)6/h15-18H,7-14H2,1-6H3/t17-,18-,19?,20?/m0/s1. The van der Waals surface area contributed by atoms with Crippen LogP contribution in [0.25, 0.3) is 0 Å². The third-order valence-corrected chi connectivity index (χ3v) is 19.1. The zero-order valence-electron chi connectivity index (χ0n) is 17.2. The molecule has 0 nitrogen and oxygen atoms in total. The Balaban J connectivity index is 2.19. The van der Waals surface area contributed by atoms with Gasteiger partial charge in [-0.2, -0.15) is 0 Å². The topological polar surface area (TPSA) is 0 Å². The smallest absolute Gasteiger partial charge is 0.0848 e. The summed E-state index contributed by atoms with van der Waals surface area (Å²) in [5.74, 6) is 1.53. The number of halogens is 2. The van der Waals surface area contributed by atoms with Crippen LogP contribution in [0.3, 0.4) is 0 Å². The van der Waals surface area contributed by atoms with Crippen molar-refractivity contribution in [1.29, 1.82) is 0 Å². The van der Waals surface area contributed by atoms with Gasteiger partial charge in [0.2, 0.25) is 0 Å². The molecule has 0 aromatic rings. The van der Waals surface area contributed by atoms with E-state index in [4.69, 9.17) is 0 Å². The fourth-order valence-corrected chi connectivity index (χ4v) is 27.9. The summed E-state index contributed by atoms with van der Waals surface area (Å²) in [7, 11) is -2.82. The normalized spacial score (nSPS) is 41.6. The first kappa shape index (κ1) is 20.9. The van der Waals surface area contributed by atoms with Gasteiger partial charge in [0.15, 0.2) is 0 Å². The van der Waals surface area contributed by atoms with E-state index in [0.29, 0.717) is 10.1 Å². The summed E-state index contributed by atoms with van der Waals surface area (Å²) in [6, 6.07) is 0. The SMILES string of the molecule is C[Si](C)(C)C12[C@@H]3C=C[C@H](CCCCCCCC3)C1([Si](C)(C)C)C2(Br)Br. The Morgan fingerprint density at radius 3 is 1.28 bits per heavy atom. The molecule has 2 unspecified atom stereocenters. The van der Waals surface area contributed by atoms with Gasteiger partial charge in [-0.15, -0.1) is 0 Å². The average Bonchev–Trinajstić information content (AvgIpc) is 2.95. The van der Waals surface area contributed by atoms with E-state index in [0.717, 1.165) is 11.8 Å². The molecular weight excluding hydrogens is 468 g/mol. The van der Waals surface area contributed by atoms with Crippen LogP contribution in [0.2, 0.25) is 49.4 Å². The Morgan fingerprint density at radius 2 is 0.960 bits per heavy atom. The van der Waals surface area contributed by atoms with Gasteiger partial charge in [0.1, 0.15) is 0 Å². The van der Waals surface area contributed by atoms with Crippen LogP contribution in [-0.2, 0) is 0 Å². The van der Waals surface area contributed by atoms with E-state index in [9.17, 15) is 0 Å². The molecule has 0 heterocycles. The summed E-state index contributed by atoms with van der Waals surface area (Å²) < 4.78 is 0.155. The van der Waals surface area contributed by atoms with Gasteiger partial charge in [-0.25, -0.2) is 0 Å². The molecule has 0 aromatic carbocycles. The third-order valence-electron chi connectivity index (χ3n) is 7.88. The van der Waals surface area contributed by atoms with Gasteiger partial charge in [0.25, 0.3) is 0 Å². The molecule has 0 radical (unpaired) electrons. The molecule has 0 N–H and O–H groups in total. The zero-order chi connectivity index (χ0) is 18.7. The van der Waals surface area contributed by atoms with Gasteiger partial charge in [-0.1, -0.05) is 122 Å². The van der Waals surface area contributed by atoms with E-state index < -0.39 is 16.1 Å². The third kappa shape index (κ3) is 2.59. The summed E-state index contributed by atoms with van der Waals surface area (Å²) in [4.78, 5) is 0. The summed E-state index contributed by atoms with van der Waals surface area (Å²) in [6.45, 7) is 15.9. The van der Waals surface area contributed by atoms with Crippen LogP contribution in [0.1, 0.15) is 51.4 Å². The van der Waals surface area contributed by atoms with Crippen molar-refractivity contribution in [2.45, 2.75) is 104 Å². The molecule has 4 atom stereocenters. The van der Waals surface area contributed by atoms with Crippen LogP contribution in [-0.4, -0.2) is 19.4 Å². The molecule has 1 saturated carbocycles. The van der Waals surface area contributed by atoms with Gasteiger partial charge in [0.05, 0.1) is 19.4 Å².